The minimum atomic E-state index is 0. The Hall–Kier alpha value is -0.780. The maximum atomic E-state index is 4.38. The highest BCUT2D eigenvalue weighted by Gasteiger charge is 2.24. The van der Waals surface area contributed by atoms with Gasteiger partial charge >= 0.3 is 0 Å². The van der Waals surface area contributed by atoms with Crippen molar-refractivity contribution < 1.29 is 0 Å². The number of hydrogen-bond donors (Lipinski definition) is 1. The number of guanidine groups is 1. The Morgan fingerprint density at radius 3 is 2.75 bits per heavy atom. The molecule has 0 spiro atoms. The van der Waals surface area contributed by atoms with E-state index < -0.39 is 0 Å². The Bertz CT molecular complexity index is 405. The van der Waals surface area contributed by atoms with Crippen LogP contribution in [0.2, 0.25) is 0 Å². The molecule has 4 heteroatoms. The highest BCUT2D eigenvalue weighted by atomic mass is 127. The van der Waals surface area contributed by atoms with E-state index in [0.29, 0.717) is 0 Å². The molecule has 1 aromatic carbocycles. The fraction of sp³-hybridized carbons (Fsp3) is 0.562. The Balaban J connectivity index is 0.00000200. The molecule has 0 aromatic heterocycles. The first kappa shape index (κ1) is 17.3. The Kier molecular flexibility index (Phi) is 7.95. The fourth-order valence-corrected chi connectivity index (χ4v) is 2.71. The van der Waals surface area contributed by atoms with Crippen LogP contribution in [0.1, 0.15) is 25.3 Å². The average molecular weight is 387 g/mol. The molecule has 1 heterocycles. The minimum absolute atomic E-state index is 0. The van der Waals surface area contributed by atoms with Crippen molar-refractivity contribution >= 4 is 29.9 Å². The van der Waals surface area contributed by atoms with Crippen molar-refractivity contribution in [1.82, 2.24) is 10.2 Å². The number of nitrogens with one attached hydrogen (secondary N) is 1. The van der Waals surface area contributed by atoms with Gasteiger partial charge in [0.2, 0.25) is 0 Å². The molecule has 112 valence electrons. The molecule has 1 aliphatic rings. The molecule has 20 heavy (non-hydrogen) atoms. The Morgan fingerprint density at radius 2 is 2.10 bits per heavy atom. The van der Waals surface area contributed by atoms with Crippen LogP contribution >= 0.6 is 24.0 Å². The molecule has 1 aliphatic heterocycles. The van der Waals surface area contributed by atoms with E-state index in [1.807, 2.05) is 7.05 Å². The van der Waals surface area contributed by atoms with E-state index in [0.717, 1.165) is 37.9 Å². The second kappa shape index (κ2) is 9.21. The maximum absolute atomic E-state index is 4.38. The predicted molar refractivity (Wildman–Crippen MR) is 96.9 cm³/mol. The van der Waals surface area contributed by atoms with Crippen LogP contribution in [0, 0.1) is 5.92 Å². The number of likely N-dealkylation sites (tertiary alicyclic amines) is 1. The zero-order valence-electron chi connectivity index (χ0n) is 12.5. The average Bonchev–Trinajstić information content (AvgIpc) is 2.89. The second-order valence-corrected chi connectivity index (χ2v) is 5.26. The van der Waals surface area contributed by atoms with E-state index in [4.69, 9.17) is 0 Å². The lowest BCUT2D eigenvalue weighted by atomic mass is 9.99. The third kappa shape index (κ3) is 4.96. The molecule has 0 amide bonds. The second-order valence-electron chi connectivity index (χ2n) is 5.26. The van der Waals surface area contributed by atoms with Crippen molar-refractivity contribution in [2.45, 2.75) is 26.2 Å². The van der Waals surface area contributed by atoms with Gasteiger partial charge in [0.25, 0.3) is 0 Å². The zero-order chi connectivity index (χ0) is 13.5. The molecule has 1 unspecified atom stereocenters. The van der Waals surface area contributed by atoms with Gasteiger partial charge in [-0.05, 0) is 30.7 Å². The summed E-state index contributed by atoms with van der Waals surface area (Å²) in [5, 5.41) is 3.42. The van der Waals surface area contributed by atoms with E-state index in [1.165, 1.54) is 18.4 Å². The van der Waals surface area contributed by atoms with Crippen LogP contribution in [0.5, 0.6) is 0 Å². The molecule has 0 saturated carbocycles. The van der Waals surface area contributed by atoms with Gasteiger partial charge < -0.3 is 10.2 Å². The van der Waals surface area contributed by atoms with Crippen LogP contribution in [-0.4, -0.2) is 37.5 Å². The van der Waals surface area contributed by atoms with Crippen LogP contribution in [0.15, 0.2) is 35.3 Å². The standard InChI is InChI=1S/C16H25N3.HI/c1-3-10-18-16(17-2)19-11-9-15(13-19)12-14-7-5-4-6-8-14;/h4-8,15H,3,9-13H2,1-2H3,(H,17,18);1H. The van der Waals surface area contributed by atoms with Crippen molar-refractivity contribution in [2.24, 2.45) is 10.9 Å². The summed E-state index contributed by atoms with van der Waals surface area (Å²) in [6, 6.07) is 10.8. The van der Waals surface area contributed by atoms with Gasteiger partial charge in [-0.15, -0.1) is 24.0 Å². The van der Waals surface area contributed by atoms with Crippen LogP contribution in [0.25, 0.3) is 0 Å². The maximum Gasteiger partial charge on any atom is 0.193 e. The lowest BCUT2D eigenvalue weighted by Gasteiger charge is -2.21. The zero-order valence-corrected chi connectivity index (χ0v) is 14.8. The first-order valence-corrected chi connectivity index (χ1v) is 7.33. The molecule has 1 fully saturated rings. The summed E-state index contributed by atoms with van der Waals surface area (Å²) in [7, 11) is 1.88. The van der Waals surface area contributed by atoms with Gasteiger partial charge in [-0.3, -0.25) is 4.99 Å². The third-order valence-corrected chi connectivity index (χ3v) is 3.70. The molecule has 0 radical (unpaired) electrons. The Morgan fingerprint density at radius 1 is 1.35 bits per heavy atom. The summed E-state index contributed by atoms with van der Waals surface area (Å²) < 4.78 is 0. The van der Waals surface area contributed by atoms with Crippen molar-refractivity contribution in [2.75, 3.05) is 26.7 Å². The van der Waals surface area contributed by atoms with Gasteiger partial charge in [0, 0.05) is 26.7 Å². The predicted octanol–water partition coefficient (Wildman–Crippen LogP) is 3.15. The summed E-state index contributed by atoms with van der Waals surface area (Å²) in [6.45, 7) is 5.44. The van der Waals surface area contributed by atoms with E-state index >= 15 is 0 Å². The molecule has 3 nitrogen and oxygen atoms in total. The highest BCUT2D eigenvalue weighted by molar-refractivity contribution is 14.0. The van der Waals surface area contributed by atoms with Crippen molar-refractivity contribution in [1.29, 1.82) is 0 Å². The van der Waals surface area contributed by atoms with Crippen molar-refractivity contribution in [3.8, 4) is 0 Å². The summed E-state index contributed by atoms with van der Waals surface area (Å²) in [5.41, 5.74) is 1.45. The highest BCUT2D eigenvalue weighted by Crippen LogP contribution is 2.20. The van der Waals surface area contributed by atoms with Gasteiger partial charge in [0.15, 0.2) is 5.96 Å². The fourth-order valence-electron chi connectivity index (χ4n) is 2.71. The third-order valence-electron chi connectivity index (χ3n) is 3.70. The summed E-state index contributed by atoms with van der Waals surface area (Å²) in [5.74, 6) is 1.82. The summed E-state index contributed by atoms with van der Waals surface area (Å²) >= 11 is 0. The first-order valence-electron chi connectivity index (χ1n) is 7.33. The molecular weight excluding hydrogens is 361 g/mol. The van der Waals surface area contributed by atoms with Gasteiger partial charge in [-0.2, -0.15) is 0 Å². The molecular formula is C16H26IN3. The number of nitrogens with zero attached hydrogens (tertiary/aromatic N) is 2. The topological polar surface area (TPSA) is 27.6 Å². The van der Waals surface area contributed by atoms with Gasteiger partial charge in [-0.1, -0.05) is 37.3 Å². The van der Waals surface area contributed by atoms with Crippen molar-refractivity contribution in [3.05, 3.63) is 35.9 Å². The molecule has 2 rings (SSSR count). The van der Waals surface area contributed by atoms with E-state index in [1.54, 1.807) is 0 Å². The van der Waals surface area contributed by atoms with Crippen molar-refractivity contribution in [3.63, 3.8) is 0 Å². The lowest BCUT2D eigenvalue weighted by Crippen LogP contribution is -2.40. The van der Waals surface area contributed by atoms with E-state index in [9.17, 15) is 0 Å². The Labute approximate surface area is 139 Å². The summed E-state index contributed by atoms with van der Waals surface area (Å²) in [6.07, 6.45) is 3.59. The number of rotatable bonds is 4. The van der Waals surface area contributed by atoms with Crippen LogP contribution in [-0.2, 0) is 6.42 Å². The number of aliphatic imine (C=N–C) groups is 1. The van der Waals surface area contributed by atoms with Crippen LogP contribution < -0.4 is 5.32 Å². The minimum Gasteiger partial charge on any atom is -0.356 e. The van der Waals surface area contributed by atoms with Gasteiger partial charge in [0.1, 0.15) is 0 Å². The summed E-state index contributed by atoms with van der Waals surface area (Å²) in [4.78, 5) is 6.77. The smallest absolute Gasteiger partial charge is 0.193 e. The van der Waals surface area contributed by atoms with E-state index in [-0.39, 0.29) is 24.0 Å². The van der Waals surface area contributed by atoms with Crippen LogP contribution in [0.4, 0.5) is 0 Å². The number of hydrogen-bond acceptors (Lipinski definition) is 1. The molecule has 1 N–H and O–H groups in total. The lowest BCUT2D eigenvalue weighted by molar-refractivity contribution is 0.460. The molecule has 0 aliphatic carbocycles. The normalized spacial score (nSPS) is 18.8. The van der Waals surface area contributed by atoms with Gasteiger partial charge in [0.05, 0.1) is 0 Å². The molecule has 1 atom stereocenters. The quantitative estimate of drug-likeness (QED) is 0.488. The first-order chi connectivity index (χ1) is 9.33. The number of halogens is 1. The molecule has 0 bridgehead atoms. The van der Waals surface area contributed by atoms with Crippen LogP contribution in [0.3, 0.4) is 0 Å². The van der Waals surface area contributed by atoms with E-state index in [2.05, 4.69) is 52.5 Å². The molecule has 1 aromatic rings. The van der Waals surface area contributed by atoms with Gasteiger partial charge in [-0.25, -0.2) is 0 Å². The molecule has 1 saturated heterocycles. The SMILES string of the molecule is CCCNC(=NC)N1CCC(Cc2ccccc2)C1.I. The monoisotopic (exact) mass is 387 g/mol. The largest absolute Gasteiger partial charge is 0.356 e. The number of benzene rings is 1.